The number of hydrogen-bond donors (Lipinski definition) is 3. The zero-order valence-electron chi connectivity index (χ0n) is 6.15. The van der Waals surface area contributed by atoms with E-state index in [1.807, 2.05) is 0 Å². The molecule has 0 aliphatic carbocycles. The van der Waals surface area contributed by atoms with Gasteiger partial charge in [0.1, 0.15) is 0 Å². The molecular weight excluding hydrogens is 150 g/mol. The van der Waals surface area contributed by atoms with Crippen LogP contribution in [-0.2, 0) is 4.79 Å². The molecule has 0 aromatic heterocycles. The maximum absolute atomic E-state index is 10.9. The van der Waals surface area contributed by atoms with Gasteiger partial charge in [0.05, 0.1) is 6.04 Å². The van der Waals surface area contributed by atoms with Crippen molar-refractivity contribution in [1.82, 2.24) is 4.90 Å². The molecule has 0 heterocycles. The summed E-state index contributed by atoms with van der Waals surface area (Å²) in [5.74, 6) is -0.694. The summed E-state index contributed by atoms with van der Waals surface area (Å²) in [6.07, 6.45) is -1.33. The van der Waals surface area contributed by atoms with Crippen molar-refractivity contribution in [3.63, 3.8) is 0 Å². The topological polar surface area (TPSA) is 110 Å². The Hall–Kier alpha value is -1.14. The van der Waals surface area contributed by atoms with Crippen LogP contribution in [0.5, 0.6) is 0 Å². The second-order valence-electron chi connectivity index (χ2n) is 2.02. The predicted octanol–water partition coefficient (Wildman–Crippen LogP) is -1.59. The minimum Gasteiger partial charge on any atom is -0.465 e. The standard InChI is InChI=1S/C5H11N3O3/c1-8(5(10)11)4(9)3(7)2-6/h3H,2,6-7H2,1H3,(H,10,11)/t3-/m1/s1. The van der Waals surface area contributed by atoms with Gasteiger partial charge in [-0.3, -0.25) is 4.79 Å². The maximum Gasteiger partial charge on any atom is 0.413 e. The Morgan fingerprint density at radius 2 is 2.09 bits per heavy atom. The average Bonchev–Trinajstić information content (AvgIpc) is 2.00. The van der Waals surface area contributed by atoms with Gasteiger partial charge in [-0.1, -0.05) is 0 Å². The first-order valence-electron chi connectivity index (χ1n) is 2.96. The zero-order chi connectivity index (χ0) is 9.02. The molecule has 0 spiro atoms. The average molecular weight is 161 g/mol. The van der Waals surface area contributed by atoms with Gasteiger partial charge in [0, 0.05) is 13.6 Å². The van der Waals surface area contributed by atoms with E-state index in [-0.39, 0.29) is 6.54 Å². The lowest BCUT2D eigenvalue weighted by Crippen LogP contribution is -2.47. The first-order chi connectivity index (χ1) is 5.00. The molecule has 2 amide bonds. The number of imide groups is 1. The van der Waals surface area contributed by atoms with Crippen LogP contribution in [0.15, 0.2) is 0 Å². The van der Waals surface area contributed by atoms with Crippen LogP contribution >= 0.6 is 0 Å². The van der Waals surface area contributed by atoms with E-state index >= 15 is 0 Å². The molecule has 0 bridgehead atoms. The van der Waals surface area contributed by atoms with Crippen molar-refractivity contribution in [2.75, 3.05) is 13.6 Å². The molecule has 0 radical (unpaired) electrons. The fraction of sp³-hybridized carbons (Fsp3) is 0.600. The maximum atomic E-state index is 10.9. The number of hydrogen-bond acceptors (Lipinski definition) is 4. The molecule has 64 valence electrons. The van der Waals surface area contributed by atoms with E-state index in [1.165, 1.54) is 0 Å². The van der Waals surface area contributed by atoms with Crippen LogP contribution in [0.2, 0.25) is 0 Å². The van der Waals surface area contributed by atoms with E-state index in [1.54, 1.807) is 0 Å². The quantitative estimate of drug-likeness (QED) is 0.452. The monoisotopic (exact) mass is 161 g/mol. The molecule has 11 heavy (non-hydrogen) atoms. The van der Waals surface area contributed by atoms with Gasteiger partial charge in [-0.05, 0) is 0 Å². The smallest absolute Gasteiger partial charge is 0.413 e. The van der Waals surface area contributed by atoms with E-state index < -0.39 is 18.0 Å². The summed E-state index contributed by atoms with van der Waals surface area (Å²) < 4.78 is 0. The third-order valence-electron chi connectivity index (χ3n) is 1.19. The first kappa shape index (κ1) is 9.86. The highest BCUT2D eigenvalue weighted by molar-refractivity contribution is 5.93. The van der Waals surface area contributed by atoms with Gasteiger partial charge in [0.25, 0.3) is 0 Å². The second kappa shape index (κ2) is 3.89. The summed E-state index contributed by atoms with van der Waals surface area (Å²) in [5, 5.41) is 8.31. The Bertz CT molecular complexity index is 170. The van der Waals surface area contributed by atoms with Gasteiger partial charge in [-0.15, -0.1) is 0 Å². The number of carboxylic acid groups (broad SMARTS) is 1. The lowest BCUT2D eigenvalue weighted by atomic mass is 10.3. The van der Waals surface area contributed by atoms with Crippen LogP contribution in [0, 0.1) is 0 Å². The molecular formula is C5H11N3O3. The molecule has 0 rings (SSSR count). The van der Waals surface area contributed by atoms with E-state index in [9.17, 15) is 9.59 Å². The van der Waals surface area contributed by atoms with Crippen molar-refractivity contribution in [1.29, 1.82) is 0 Å². The molecule has 0 saturated carbocycles. The number of amides is 2. The first-order valence-corrected chi connectivity index (χ1v) is 2.96. The molecule has 0 aliphatic rings. The van der Waals surface area contributed by atoms with Crippen molar-refractivity contribution in [3.8, 4) is 0 Å². The summed E-state index contributed by atoms with van der Waals surface area (Å²) in [6, 6.07) is -0.934. The second-order valence-corrected chi connectivity index (χ2v) is 2.02. The Balaban J connectivity index is 4.13. The Kier molecular flexibility index (Phi) is 3.49. The Morgan fingerprint density at radius 3 is 2.36 bits per heavy atom. The summed E-state index contributed by atoms with van der Waals surface area (Å²) in [5.41, 5.74) is 10.2. The highest BCUT2D eigenvalue weighted by atomic mass is 16.4. The highest BCUT2D eigenvalue weighted by Crippen LogP contribution is 1.88. The van der Waals surface area contributed by atoms with Crippen molar-refractivity contribution < 1.29 is 14.7 Å². The normalized spacial score (nSPS) is 12.3. The molecule has 5 N–H and O–H groups in total. The van der Waals surface area contributed by atoms with Gasteiger partial charge in [0.15, 0.2) is 0 Å². The molecule has 0 aliphatic heterocycles. The Labute approximate surface area is 63.8 Å². The molecule has 6 heteroatoms. The van der Waals surface area contributed by atoms with Crippen LogP contribution in [0.1, 0.15) is 0 Å². The molecule has 0 aromatic rings. The third kappa shape index (κ3) is 2.52. The SMILES string of the molecule is CN(C(=O)O)C(=O)[C@H](N)CN. The molecule has 0 fully saturated rings. The van der Waals surface area contributed by atoms with Gasteiger partial charge in [-0.25, -0.2) is 9.69 Å². The number of nitrogens with two attached hydrogens (primary N) is 2. The number of rotatable bonds is 2. The summed E-state index contributed by atoms with van der Waals surface area (Å²) >= 11 is 0. The molecule has 6 nitrogen and oxygen atoms in total. The minimum atomic E-state index is -1.33. The molecule has 0 saturated heterocycles. The Morgan fingerprint density at radius 1 is 1.64 bits per heavy atom. The number of nitrogens with zero attached hydrogens (tertiary/aromatic N) is 1. The van der Waals surface area contributed by atoms with E-state index in [2.05, 4.69) is 0 Å². The van der Waals surface area contributed by atoms with E-state index in [0.29, 0.717) is 4.90 Å². The zero-order valence-corrected chi connectivity index (χ0v) is 6.15. The summed E-state index contributed by atoms with van der Waals surface area (Å²) in [4.78, 5) is 21.5. The lowest BCUT2D eigenvalue weighted by Gasteiger charge is -2.14. The minimum absolute atomic E-state index is 0.0591. The van der Waals surface area contributed by atoms with Crippen molar-refractivity contribution >= 4 is 12.0 Å². The van der Waals surface area contributed by atoms with Crippen LogP contribution in [0.4, 0.5) is 4.79 Å². The number of carbonyl (C=O) groups excluding carboxylic acids is 1. The lowest BCUT2D eigenvalue weighted by molar-refractivity contribution is -0.129. The molecule has 1 atom stereocenters. The fourth-order valence-corrected chi connectivity index (χ4v) is 0.444. The van der Waals surface area contributed by atoms with Gasteiger partial charge in [0.2, 0.25) is 5.91 Å². The van der Waals surface area contributed by atoms with Crippen LogP contribution in [0.25, 0.3) is 0 Å². The number of carbonyl (C=O) groups is 2. The summed E-state index contributed by atoms with van der Waals surface area (Å²) in [7, 11) is 1.13. The van der Waals surface area contributed by atoms with Crippen molar-refractivity contribution in [2.45, 2.75) is 6.04 Å². The third-order valence-corrected chi connectivity index (χ3v) is 1.19. The van der Waals surface area contributed by atoms with Crippen LogP contribution in [-0.4, -0.2) is 41.6 Å². The largest absolute Gasteiger partial charge is 0.465 e. The fourth-order valence-electron chi connectivity index (χ4n) is 0.444. The summed E-state index contributed by atoms with van der Waals surface area (Å²) in [6.45, 7) is -0.0591. The molecule has 0 unspecified atom stereocenters. The van der Waals surface area contributed by atoms with Gasteiger partial charge in [-0.2, -0.15) is 0 Å². The number of likely N-dealkylation sites (N-methyl/N-ethyl adjacent to an activating group) is 1. The van der Waals surface area contributed by atoms with Crippen molar-refractivity contribution in [2.24, 2.45) is 11.5 Å². The molecule has 0 aromatic carbocycles. The predicted molar refractivity (Wildman–Crippen MR) is 37.8 cm³/mol. The van der Waals surface area contributed by atoms with Crippen molar-refractivity contribution in [3.05, 3.63) is 0 Å². The highest BCUT2D eigenvalue weighted by Gasteiger charge is 2.20. The van der Waals surface area contributed by atoms with E-state index in [4.69, 9.17) is 16.6 Å². The van der Waals surface area contributed by atoms with Gasteiger partial charge < -0.3 is 16.6 Å². The van der Waals surface area contributed by atoms with Crippen LogP contribution < -0.4 is 11.5 Å². The van der Waals surface area contributed by atoms with E-state index in [0.717, 1.165) is 7.05 Å². The van der Waals surface area contributed by atoms with Crippen LogP contribution in [0.3, 0.4) is 0 Å². The van der Waals surface area contributed by atoms with Gasteiger partial charge >= 0.3 is 6.09 Å².